The predicted molar refractivity (Wildman–Crippen MR) is 122 cm³/mol. The van der Waals surface area contributed by atoms with Crippen molar-refractivity contribution in [1.29, 1.82) is 0 Å². The molecule has 0 bridgehead atoms. The fraction of sp³-hybridized carbons (Fsp3) is 0.125. The van der Waals surface area contributed by atoms with Crippen molar-refractivity contribution in [2.24, 2.45) is 0 Å². The highest BCUT2D eigenvalue weighted by molar-refractivity contribution is 7.99. The van der Waals surface area contributed by atoms with E-state index >= 15 is 0 Å². The largest absolute Gasteiger partial charge is 0.341 e. The number of rotatable bonds is 5. The first-order valence-corrected chi connectivity index (χ1v) is 10.8. The lowest BCUT2D eigenvalue weighted by molar-refractivity contribution is -0.127. The zero-order valence-corrected chi connectivity index (χ0v) is 17.3. The Morgan fingerprint density at radius 2 is 1.60 bits per heavy atom. The smallest absolute Gasteiger partial charge is 0.233 e. The number of amides is 1. The highest BCUT2D eigenvalue weighted by atomic mass is 32.2. The van der Waals surface area contributed by atoms with Crippen LogP contribution < -0.4 is 0 Å². The van der Waals surface area contributed by atoms with Crippen molar-refractivity contribution in [3.05, 3.63) is 84.4 Å². The molecule has 2 heterocycles. The number of carbonyl (C=O) groups excluding carboxylic acids is 1. The molecule has 0 unspecified atom stereocenters. The zero-order valence-electron chi connectivity index (χ0n) is 16.5. The van der Waals surface area contributed by atoms with Gasteiger partial charge in [-0.15, -0.1) is 0 Å². The van der Waals surface area contributed by atoms with E-state index in [4.69, 9.17) is 9.97 Å². The number of nitrogens with zero attached hydrogens (tertiary/aromatic N) is 4. The van der Waals surface area contributed by atoms with Gasteiger partial charge in [-0.1, -0.05) is 66.4 Å². The second-order valence-corrected chi connectivity index (χ2v) is 8.14. The summed E-state index contributed by atoms with van der Waals surface area (Å²) in [5.74, 6) is 0.382. The molecule has 5 aromatic rings. The third-order valence-corrected chi connectivity index (χ3v) is 6.05. The Bertz CT molecular complexity index is 1360. The monoisotopic (exact) mass is 412 g/mol. The van der Waals surface area contributed by atoms with Crippen LogP contribution in [0.1, 0.15) is 5.56 Å². The van der Waals surface area contributed by atoms with Crippen LogP contribution in [0, 0.1) is 0 Å². The second kappa shape index (κ2) is 7.80. The third-order valence-electron chi connectivity index (χ3n) is 5.13. The highest BCUT2D eigenvalue weighted by Crippen LogP contribution is 2.29. The van der Waals surface area contributed by atoms with E-state index in [-0.39, 0.29) is 5.91 Å². The summed E-state index contributed by atoms with van der Waals surface area (Å²) in [6, 6.07) is 26.0. The summed E-state index contributed by atoms with van der Waals surface area (Å²) in [7, 11) is 1.84. The van der Waals surface area contributed by atoms with Gasteiger partial charge in [-0.25, -0.2) is 9.97 Å². The Morgan fingerprint density at radius 1 is 0.900 bits per heavy atom. The summed E-state index contributed by atoms with van der Waals surface area (Å²) in [4.78, 5) is 24.2. The van der Waals surface area contributed by atoms with E-state index < -0.39 is 0 Å². The molecular formula is C24H20N4OS. The fourth-order valence-electron chi connectivity index (χ4n) is 3.59. The number of thioether (sulfide) groups is 1. The van der Waals surface area contributed by atoms with Gasteiger partial charge in [0.15, 0.2) is 5.16 Å². The summed E-state index contributed by atoms with van der Waals surface area (Å²) in [5, 5.41) is 1.78. The van der Waals surface area contributed by atoms with Gasteiger partial charge in [0, 0.05) is 19.0 Å². The number of hydrogen-bond acceptors (Lipinski definition) is 4. The van der Waals surface area contributed by atoms with E-state index in [1.807, 2.05) is 85.9 Å². The molecule has 0 atom stereocenters. The number of hydrogen-bond donors (Lipinski definition) is 0. The second-order valence-electron chi connectivity index (χ2n) is 7.20. The molecule has 0 radical (unpaired) electrons. The van der Waals surface area contributed by atoms with Crippen molar-refractivity contribution >= 4 is 45.3 Å². The van der Waals surface area contributed by atoms with Gasteiger partial charge in [-0.2, -0.15) is 0 Å². The van der Waals surface area contributed by atoms with Crippen LogP contribution in [0.5, 0.6) is 0 Å². The molecule has 0 N–H and O–H groups in total. The lowest BCUT2D eigenvalue weighted by atomic mass is 10.2. The lowest BCUT2D eigenvalue weighted by Crippen LogP contribution is -2.27. The molecule has 0 spiro atoms. The minimum atomic E-state index is 0.0661. The molecular weight excluding hydrogens is 392 g/mol. The number of imidazole rings is 1. The third kappa shape index (κ3) is 3.39. The molecule has 30 heavy (non-hydrogen) atoms. The van der Waals surface area contributed by atoms with Crippen LogP contribution in [0.2, 0.25) is 0 Å². The fourth-order valence-corrected chi connectivity index (χ4v) is 4.54. The Kier molecular flexibility index (Phi) is 4.85. The maximum absolute atomic E-state index is 12.8. The van der Waals surface area contributed by atoms with E-state index in [1.165, 1.54) is 11.8 Å². The number of carbonyl (C=O) groups is 1. The normalized spacial score (nSPS) is 11.4. The van der Waals surface area contributed by atoms with Crippen LogP contribution in [0.3, 0.4) is 0 Å². The summed E-state index contributed by atoms with van der Waals surface area (Å²) >= 11 is 1.45. The quantitative estimate of drug-likeness (QED) is 0.308. The molecule has 0 saturated carbocycles. The van der Waals surface area contributed by atoms with Crippen molar-refractivity contribution in [2.45, 2.75) is 11.7 Å². The molecule has 0 saturated heterocycles. The van der Waals surface area contributed by atoms with Crippen molar-refractivity contribution in [3.63, 3.8) is 0 Å². The standard InChI is InChI=1S/C24H20N4OS/c1-27(15-17-9-3-2-4-10-17)22(29)16-30-24-26-19-12-6-5-11-18(19)23-25-20-13-7-8-14-21(20)28(23)24/h2-14H,15-16H2,1H3. The van der Waals surface area contributed by atoms with Crippen LogP contribution in [0.25, 0.3) is 27.6 Å². The van der Waals surface area contributed by atoms with Gasteiger partial charge in [-0.05, 0) is 29.8 Å². The zero-order chi connectivity index (χ0) is 20.5. The number of para-hydroxylation sites is 3. The average Bonchev–Trinajstić information content (AvgIpc) is 3.18. The summed E-state index contributed by atoms with van der Waals surface area (Å²) in [6.45, 7) is 0.592. The molecule has 6 heteroatoms. The van der Waals surface area contributed by atoms with E-state index in [9.17, 15) is 4.79 Å². The Morgan fingerprint density at radius 3 is 2.43 bits per heavy atom. The minimum Gasteiger partial charge on any atom is -0.341 e. The molecule has 0 aliphatic heterocycles. The highest BCUT2D eigenvalue weighted by Gasteiger charge is 2.16. The first kappa shape index (κ1) is 18.6. The molecule has 1 amide bonds. The van der Waals surface area contributed by atoms with Crippen molar-refractivity contribution in [1.82, 2.24) is 19.3 Å². The topological polar surface area (TPSA) is 50.5 Å². The minimum absolute atomic E-state index is 0.0661. The molecule has 0 fully saturated rings. The summed E-state index contributed by atoms with van der Waals surface area (Å²) < 4.78 is 2.06. The van der Waals surface area contributed by atoms with Crippen molar-refractivity contribution < 1.29 is 4.79 Å². The SMILES string of the molecule is CN(Cc1ccccc1)C(=O)CSc1nc2ccccc2c2nc3ccccc3n12. The van der Waals surface area contributed by atoms with Crippen molar-refractivity contribution in [2.75, 3.05) is 12.8 Å². The molecule has 0 aliphatic rings. The van der Waals surface area contributed by atoms with Gasteiger partial charge in [0.2, 0.25) is 5.91 Å². The van der Waals surface area contributed by atoms with Gasteiger partial charge in [-0.3, -0.25) is 9.20 Å². The average molecular weight is 413 g/mol. The van der Waals surface area contributed by atoms with E-state index in [0.29, 0.717) is 12.3 Å². The molecule has 148 valence electrons. The Balaban J connectivity index is 1.48. The van der Waals surface area contributed by atoms with Crippen LogP contribution >= 0.6 is 11.8 Å². The van der Waals surface area contributed by atoms with E-state index in [1.54, 1.807) is 4.90 Å². The van der Waals surface area contributed by atoms with Gasteiger partial charge >= 0.3 is 0 Å². The van der Waals surface area contributed by atoms with Gasteiger partial charge in [0.25, 0.3) is 0 Å². The Labute approximate surface area is 178 Å². The molecule has 3 aromatic carbocycles. The predicted octanol–water partition coefficient (Wildman–Crippen LogP) is 4.79. The molecule has 0 aliphatic carbocycles. The first-order chi connectivity index (χ1) is 14.7. The summed E-state index contributed by atoms with van der Waals surface area (Å²) in [6.07, 6.45) is 0. The lowest BCUT2D eigenvalue weighted by Gasteiger charge is -2.17. The number of benzene rings is 3. The van der Waals surface area contributed by atoms with Gasteiger partial charge < -0.3 is 4.90 Å². The maximum Gasteiger partial charge on any atom is 0.233 e. The summed E-state index contributed by atoms with van der Waals surface area (Å²) in [5.41, 5.74) is 4.79. The molecule has 5 nitrogen and oxygen atoms in total. The van der Waals surface area contributed by atoms with Crippen molar-refractivity contribution in [3.8, 4) is 0 Å². The van der Waals surface area contributed by atoms with E-state index in [0.717, 1.165) is 38.3 Å². The number of aromatic nitrogens is 3. The first-order valence-electron chi connectivity index (χ1n) is 9.77. The number of fused-ring (bicyclic) bond motifs is 5. The van der Waals surface area contributed by atoms with Gasteiger partial charge in [0.1, 0.15) is 5.65 Å². The maximum atomic E-state index is 12.8. The molecule has 2 aromatic heterocycles. The van der Waals surface area contributed by atoms with Crippen LogP contribution in [-0.2, 0) is 11.3 Å². The van der Waals surface area contributed by atoms with Crippen LogP contribution in [0.4, 0.5) is 0 Å². The van der Waals surface area contributed by atoms with E-state index in [2.05, 4.69) is 4.40 Å². The molecule has 5 rings (SSSR count). The Hall–Kier alpha value is -3.38. The van der Waals surface area contributed by atoms with Crippen LogP contribution in [-0.4, -0.2) is 38.0 Å². The van der Waals surface area contributed by atoms with Crippen LogP contribution in [0.15, 0.2) is 84.0 Å². The van der Waals surface area contributed by atoms with Gasteiger partial charge in [0.05, 0.1) is 22.3 Å².